The predicted octanol–water partition coefficient (Wildman–Crippen LogP) is 2.32. The normalized spacial score (nSPS) is 12.5. The third kappa shape index (κ3) is 3.61. The lowest BCUT2D eigenvalue weighted by atomic mass is 10.1. The summed E-state index contributed by atoms with van der Waals surface area (Å²) in [5.74, 6) is -0.847. The lowest BCUT2D eigenvalue weighted by molar-refractivity contribution is 0.1000. The number of nitrogens with two attached hydrogens (primary N) is 2. The van der Waals surface area contributed by atoms with Crippen LogP contribution in [0.1, 0.15) is 37.6 Å². The lowest BCUT2D eigenvalue weighted by Crippen LogP contribution is -2.17. The van der Waals surface area contributed by atoms with E-state index in [1.807, 2.05) is 20.8 Å². The van der Waals surface area contributed by atoms with Crippen LogP contribution in [0.2, 0.25) is 0 Å². The number of nitrogen functional groups attached to an aromatic ring is 1. The van der Waals surface area contributed by atoms with E-state index in [1.165, 1.54) is 6.07 Å². The Morgan fingerprint density at radius 1 is 1.39 bits per heavy atom. The topological polar surface area (TPSA) is 78.3 Å². The van der Waals surface area contributed by atoms with Crippen LogP contribution in [0, 0.1) is 11.7 Å². The van der Waals surface area contributed by atoms with E-state index in [2.05, 4.69) is 0 Å². The maximum atomic E-state index is 13.6. The fourth-order valence-corrected chi connectivity index (χ4v) is 1.80. The van der Waals surface area contributed by atoms with E-state index in [0.717, 1.165) is 12.5 Å². The Morgan fingerprint density at radius 3 is 2.50 bits per heavy atom. The molecule has 0 aliphatic rings. The highest BCUT2D eigenvalue weighted by molar-refractivity contribution is 5.98. The van der Waals surface area contributed by atoms with Gasteiger partial charge in [-0.05, 0) is 25.3 Å². The highest BCUT2D eigenvalue weighted by Crippen LogP contribution is 2.25. The molecule has 0 spiro atoms. The summed E-state index contributed by atoms with van der Waals surface area (Å²) in [5, 5.41) is 0. The number of rotatable bonds is 5. The van der Waals surface area contributed by atoms with Crippen molar-refractivity contribution in [2.75, 3.05) is 5.73 Å². The molecule has 1 amide bonds. The van der Waals surface area contributed by atoms with E-state index in [1.54, 1.807) is 0 Å². The molecule has 0 bridgehead atoms. The second-order valence-corrected chi connectivity index (χ2v) is 4.79. The zero-order chi connectivity index (χ0) is 13.9. The van der Waals surface area contributed by atoms with Crippen LogP contribution < -0.4 is 16.2 Å². The van der Waals surface area contributed by atoms with E-state index in [4.69, 9.17) is 16.2 Å². The molecule has 0 radical (unpaired) electrons. The molecule has 1 aromatic rings. The molecule has 0 heterocycles. The minimum Gasteiger partial charge on any atom is -0.488 e. The van der Waals surface area contributed by atoms with Gasteiger partial charge in [-0.1, -0.05) is 13.8 Å². The van der Waals surface area contributed by atoms with Gasteiger partial charge in [-0.15, -0.1) is 0 Å². The van der Waals surface area contributed by atoms with Crippen molar-refractivity contribution in [3.63, 3.8) is 0 Å². The Balaban J connectivity index is 2.95. The standard InChI is InChI=1S/C13H19FN2O2/c1-7(2)4-8(3)18-12-5-9(13(16)17)11(15)6-10(12)14/h5-8H,4,15H2,1-3H3,(H2,16,17). The third-order valence-corrected chi connectivity index (χ3v) is 2.50. The Bertz CT molecular complexity index is 447. The van der Waals surface area contributed by atoms with Gasteiger partial charge in [0.15, 0.2) is 11.6 Å². The molecule has 0 aromatic heterocycles. The first-order valence-electron chi connectivity index (χ1n) is 5.86. The van der Waals surface area contributed by atoms with Crippen molar-refractivity contribution in [1.29, 1.82) is 0 Å². The molecule has 1 unspecified atom stereocenters. The van der Waals surface area contributed by atoms with Crippen molar-refractivity contribution in [1.82, 2.24) is 0 Å². The van der Waals surface area contributed by atoms with Gasteiger partial charge in [0.05, 0.1) is 11.7 Å². The fraction of sp³-hybridized carbons (Fsp3) is 0.462. The lowest BCUT2D eigenvalue weighted by Gasteiger charge is -2.17. The monoisotopic (exact) mass is 254 g/mol. The Labute approximate surface area is 106 Å². The summed E-state index contributed by atoms with van der Waals surface area (Å²) in [6.07, 6.45) is 0.638. The highest BCUT2D eigenvalue weighted by Gasteiger charge is 2.15. The molecule has 0 saturated carbocycles. The molecule has 5 heteroatoms. The Morgan fingerprint density at radius 2 is 2.00 bits per heavy atom. The number of hydrogen-bond acceptors (Lipinski definition) is 3. The van der Waals surface area contributed by atoms with Crippen LogP contribution in [0.15, 0.2) is 12.1 Å². The Kier molecular flexibility index (Phi) is 4.53. The number of carbonyl (C=O) groups excluding carboxylic acids is 1. The van der Waals surface area contributed by atoms with Crippen LogP contribution in [0.3, 0.4) is 0 Å². The van der Waals surface area contributed by atoms with E-state index >= 15 is 0 Å². The first-order chi connectivity index (χ1) is 8.31. The molecule has 0 aliphatic carbocycles. The molecule has 1 atom stereocenters. The van der Waals surface area contributed by atoms with Crippen molar-refractivity contribution in [3.8, 4) is 5.75 Å². The molecular weight excluding hydrogens is 235 g/mol. The van der Waals surface area contributed by atoms with Crippen LogP contribution in [-0.2, 0) is 0 Å². The van der Waals surface area contributed by atoms with Crippen molar-refractivity contribution < 1.29 is 13.9 Å². The number of ether oxygens (including phenoxy) is 1. The minimum atomic E-state index is -0.700. The first kappa shape index (κ1) is 14.3. The molecule has 0 aliphatic heterocycles. The summed E-state index contributed by atoms with van der Waals surface area (Å²) < 4.78 is 19.1. The average molecular weight is 254 g/mol. The summed E-state index contributed by atoms with van der Waals surface area (Å²) in [5.41, 5.74) is 10.7. The fourth-order valence-electron chi connectivity index (χ4n) is 1.80. The predicted molar refractivity (Wildman–Crippen MR) is 68.9 cm³/mol. The number of primary amides is 1. The van der Waals surface area contributed by atoms with E-state index in [-0.39, 0.29) is 23.1 Å². The molecule has 4 N–H and O–H groups in total. The van der Waals surface area contributed by atoms with E-state index in [9.17, 15) is 9.18 Å². The van der Waals surface area contributed by atoms with Crippen LogP contribution >= 0.6 is 0 Å². The Hall–Kier alpha value is -1.78. The van der Waals surface area contributed by atoms with Crippen LogP contribution in [-0.4, -0.2) is 12.0 Å². The second-order valence-electron chi connectivity index (χ2n) is 4.79. The summed E-state index contributed by atoms with van der Waals surface area (Å²) in [4.78, 5) is 11.1. The molecule has 1 rings (SSSR count). The van der Waals surface area contributed by atoms with Gasteiger partial charge in [-0.25, -0.2) is 4.39 Å². The zero-order valence-corrected chi connectivity index (χ0v) is 10.9. The van der Waals surface area contributed by atoms with Gasteiger partial charge >= 0.3 is 0 Å². The molecule has 100 valence electrons. The van der Waals surface area contributed by atoms with Gasteiger partial charge < -0.3 is 16.2 Å². The van der Waals surface area contributed by atoms with Crippen molar-refractivity contribution in [3.05, 3.63) is 23.5 Å². The zero-order valence-electron chi connectivity index (χ0n) is 10.9. The maximum Gasteiger partial charge on any atom is 0.250 e. The summed E-state index contributed by atoms with van der Waals surface area (Å²) in [7, 11) is 0. The minimum absolute atomic E-state index is 0.00569. The number of halogens is 1. The number of hydrogen-bond donors (Lipinski definition) is 2. The average Bonchev–Trinajstić information content (AvgIpc) is 2.20. The van der Waals surface area contributed by atoms with Gasteiger partial charge in [0.25, 0.3) is 5.91 Å². The maximum absolute atomic E-state index is 13.6. The summed E-state index contributed by atoms with van der Waals surface area (Å²) in [6.45, 7) is 5.95. The van der Waals surface area contributed by atoms with Crippen LogP contribution in [0.5, 0.6) is 5.75 Å². The summed E-state index contributed by atoms with van der Waals surface area (Å²) in [6, 6.07) is 2.31. The number of carbonyl (C=O) groups is 1. The van der Waals surface area contributed by atoms with Crippen molar-refractivity contribution in [2.45, 2.75) is 33.3 Å². The van der Waals surface area contributed by atoms with Crippen LogP contribution in [0.25, 0.3) is 0 Å². The van der Waals surface area contributed by atoms with Gasteiger partial charge in [0.2, 0.25) is 0 Å². The third-order valence-electron chi connectivity index (χ3n) is 2.50. The van der Waals surface area contributed by atoms with Gasteiger partial charge in [0, 0.05) is 11.8 Å². The quantitative estimate of drug-likeness (QED) is 0.791. The number of amides is 1. The molecule has 0 fully saturated rings. The second kappa shape index (κ2) is 5.71. The van der Waals surface area contributed by atoms with Gasteiger partial charge in [-0.2, -0.15) is 0 Å². The molecular formula is C13H19FN2O2. The summed E-state index contributed by atoms with van der Waals surface area (Å²) >= 11 is 0. The van der Waals surface area contributed by atoms with Gasteiger partial charge in [-0.3, -0.25) is 4.79 Å². The molecule has 18 heavy (non-hydrogen) atoms. The molecule has 0 saturated heterocycles. The van der Waals surface area contributed by atoms with Crippen molar-refractivity contribution >= 4 is 11.6 Å². The highest BCUT2D eigenvalue weighted by atomic mass is 19.1. The molecule has 4 nitrogen and oxygen atoms in total. The van der Waals surface area contributed by atoms with E-state index < -0.39 is 11.7 Å². The number of anilines is 1. The number of benzene rings is 1. The largest absolute Gasteiger partial charge is 0.488 e. The van der Waals surface area contributed by atoms with Gasteiger partial charge in [0.1, 0.15) is 0 Å². The van der Waals surface area contributed by atoms with Crippen molar-refractivity contribution in [2.24, 2.45) is 11.7 Å². The van der Waals surface area contributed by atoms with Crippen LogP contribution in [0.4, 0.5) is 10.1 Å². The van der Waals surface area contributed by atoms with E-state index in [0.29, 0.717) is 5.92 Å². The SMILES string of the molecule is CC(C)CC(C)Oc1cc(C(N)=O)c(N)cc1F. The smallest absolute Gasteiger partial charge is 0.250 e. The molecule has 1 aromatic carbocycles. The first-order valence-corrected chi connectivity index (χ1v) is 5.86.